The fourth-order valence-electron chi connectivity index (χ4n) is 3.42. The highest BCUT2D eigenvalue weighted by Crippen LogP contribution is 2.59. The van der Waals surface area contributed by atoms with E-state index < -0.39 is 35.9 Å². The Labute approximate surface area is 144 Å². The molecule has 5 nitrogen and oxygen atoms in total. The molecular weight excluding hydrogens is 332 g/mol. The lowest BCUT2D eigenvalue weighted by molar-refractivity contribution is -0.158. The summed E-state index contributed by atoms with van der Waals surface area (Å²) in [7, 11) is 0. The number of esters is 1. The number of nitrogens with zero attached hydrogens (tertiary/aromatic N) is 1. The fourth-order valence-corrected chi connectivity index (χ4v) is 3.42. The number of hydrogen-bond acceptors (Lipinski definition) is 4. The summed E-state index contributed by atoms with van der Waals surface area (Å²) in [6.45, 7) is 0.900. The molecule has 1 atom stereocenters. The number of hydrogen-bond donors (Lipinski definition) is 0. The van der Waals surface area contributed by atoms with Gasteiger partial charge in [-0.2, -0.15) is 0 Å². The Morgan fingerprint density at radius 3 is 2.48 bits per heavy atom. The second kappa shape index (κ2) is 6.61. The Balaban J connectivity index is 1.63. The summed E-state index contributed by atoms with van der Waals surface area (Å²) in [6, 6.07) is 9.02. The maximum atomic E-state index is 14.5. The monoisotopic (exact) mass is 353 g/mol. The van der Waals surface area contributed by atoms with Crippen LogP contribution in [0.5, 0.6) is 0 Å². The Kier molecular flexibility index (Phi) is 4.67. The van der Waals surface area contributed by atoms with Crippen molar-refractivity contribution in [3.05, 3.63) is 35.9 Å². The summed E-state index contributed by atoms with van der Waals surface area (Å²) in [5, 5.41) is 0. The molecule has 0 aromatic heterocycles. The number of alkyl halides is 2. The van der Waals surface area contributed by atoms with Gasteiger partial charge in [0.2, 0.25) is 0 Å². The van der Waals surface area contributed by atoms with E-state index in [9.17, 15) is 18.4 Å². The van der Waals surface area contributed by atoms with Crippen molar-refractivity contribution in [2.24, 2.45) is 11.3 Å². The lowest BCUT2D eigenvalue weighted by Gasteiger charge is -2.25. The highest BCUT2D eigenvalue weighted by Gasteiger charge is 2.68. The van der Waals surface area contributed by atoms with E-state index in [0.717, 1.165) is 10.5 Å². The summed E-state index contributed by atoms with van der Waals surface area (Å²) in [4.78, 5) is 25.2. The van der Waals surface area contributed by atoms with Crippen LogP contribution in [0.15, 0.2) is 30.3 Å². The van der Waals surface area contributed by atoms with E-state index >= 15 is 0 Å². The number of rotatable bonds is 5. The highest BCUT2D eigenvalue weighted by molar-refractivity contribution is 5.81. The van der Waals surface area contributed by atoms with Crippen molar-refractivity contribution in [3.8, 4) is 0 Å². The Morgan fingerprint density at radius 2 is 1.88 bits per heavy atom. The summed E-state index contributed by atoms with van der Waals surface area (Å²) < 4.78 is 39.0. The van der Waals surface area contributed by atoms with Gasteiger partial charge >= 0.3 is 12.1 Å². The van der Waals surface area contributed by atoms with E-state index in [1.807, 2.05) is 6.07 Å². The number of halogens is 2. The van der Waals surface area contributed by atoms with Crippen molar-refractivity contribution in [2.75, 3.05) is 19.7 Å². The fraction of sp³-hybridized carbons (Fsp3) is 0.556. The molecule has 1 saturated heterocycles. The molecule has 1 aromatic carbocycles. The Hall–Kier alpha value is -2.18. The molecule has 136 valence electrons. The molecule has 1 aromatic rings. The van der Waals surface area contributed by atoms with Crippen LogP contribution in [0, 0.1) is 11.3 Å². The molecule has 1 aliphatic carbocycles. The van der Waals surface area contributed by atoms with Crippen LogP contribution in [0.4, 0.5) is 13.6 Å². The average Bonchev–Trinajstić information content (AvgIpc) is 3.32. The van der Waals surface area contributed by atoms with Gasteiger partial charge in [-0.15, -0.1) is 0 Å². The van der Waals surface area contributed by atoms with E-state index in [1.54, 1.807) is 31.2 Å². The molecule has 0 N–H and O–H groups in total. The number of likely N-dealkylation sites (tertiary alicyclic amines) is 1. The molecule has 7 heteroatoms. The van der Waals surface area contributed by atoms with Crippen molar-refractivity contribution in [1.82, 2.24) is 4.90 Å². The third-order valence-corrected chi connectivity index (χ3v) is 4.92. The molecule has 2 aliphatic rings. The van der Waals surface area contributed by atoms with Crippen molar-refractivity contribution in [3.63, 3.8) is 0 Å². The standard InChI is InChI=1S/C18H21F2NO4/c1-2-24-15(22)17(8-9-17)14-10-21(12-18(14,19)20)16(23)25-11-13-6-4-3-5-7-13/h3-7,14H,2,8-12H2,1H3/t14-/m1/s1. The molecule has 25 heavy (non-hydrogen) atoms. The minimum atomic E-state index is -3.13. The van der Waals surface area contributed by atoms with Crippen LogP contribution in [0.25, 0.3) is 0 Å². The minimum Gasteiger partial charge on any atom is -0.466 e. The zero-order valence-electron chi connectivity index (χ0n) is 14.0. The maximum absolute atomic E-state index is 14.5. The van der Waals surface area contributed by atoms with Crippen LogP contribution >= 0.6 is 0 Å². The second-order valence-corrected chi connectivity index (χ2v) is 6.61. The van der Waals surface area contributed by atoms with E-state index in [1.165, 1.54) is 0 Å². The zero-order valence-corrected chi connectivity index (χ0v) is 14.0. The summed E-state index contributed by atoms with van der Waals surface area (Å²) in [5.74, 6) is -4.93. The van der Waals surface area contributed by atoms with Gasteiger partial charge in [-0.1, -0.05) is 30.3 Å². The van der Waals surface area contributed by atoms with Crippen LogP contribution < -0.4 is 0 Å². The number of amides is 1. The van der Waals surface area contributed by atoms with Gasteiger partial charge in [-0.3, -0.25) is 4.79 Å². The zero-order chi connectivity index (χ0) is 18.1. The third-order valence-electron chi connectivity index (χ3n) is 4.92. The van der Waals surface area contributed by atoms with E-state index in [4.69, 9.17) is 9.47 Å². The van der Waals surface area contributed by atoms with Gasteiger partial charge in [0.25, 0.3) is 5.92 Å². The van der Waals surface area contributed by atoms with Gasteiger partial charge in [0.05, 0.1) is 24.5 Å². The topological polar surface area (TPSA) is 55.8 Å². The van der Waals surface area contributed by atoms with Crippen molar-refractivity contribution in [2.45, 2.75) is 32.3 Å². The summed E-state index contributed by atoms with van der Waals surface area (Å²) in [5.41, 5.74) is -0.378. The van der Waals surface area contributed by atoms with Crippen molar-refractivity contribution in [1.29, 1.82) is 0 Å². The first-order valence-corrected chi connectivity index (χ1v) is 8.40. The SMILES string of the molecule is CCOC(=O)C1([C@H]2CN(C(=O)OCc3ccccc3)CC2(F)F)CC1. The molecule has 0 spiro atoms. The number of ether oxygens (including phenoxy) is 2. The van der Waals surface area contributed by atoms with Crippen molar-refractivity contribution < 1.29 is 27.8 Å². The Morgan fingerprint density at radius 1 is 1.20 bits per heavy atom. The maximum Gasteiger partial charge on any atom is 0.410 e. The summed E-state index contributed by atoms with van der Waals surface area (Å²) in [6.07, 6.45) is -0.0384. The van der Waals surface area contributed by atoms with Crippen LogP contribution in [0.1, 0.15) is 25.3 Å². The second-order valence-electron chi connectivity index (χ2n) is 6.61. The quantitative estimate of drug-likeness (QED) is 0.763. The van der Waals surface area contributed by atoms with Gasteiger partial charge in [-0.25, -0.2) is 13.6 Å². The van der Waals surface area contributed by atoms with Crippen LogP contribution in [-0.2, 0) is 20.9 Å². The van der Waals surface area contributed by atoms with Crippen LogP contribution in [-0.4, -0.2) is 42.6 Å². The molecule has 3 rings (SSSR count). The molecule has 1 heterocycles. The lowest BCUT2D eigenvalue weighted by atomic mass is 9.86. The van der Waals surface area contributed by atoms with E-state index in [-0.39, 0.29) is 19.8 Å². The predicted molar refractivity (Wildman–Crippen MR) is 84.9 cm³/mol. The number of carbonyl (C=O) groups is 2. The normalized spacial score (nSPS) is 23.2. The average molecular weight is 353 g/mol. The van der Waals surface area contributed by atoms with Gasteiger partial charge in [0, 0.05) is 6.54 Å². The van der Waals surface area contributed by atoms with Gasteiger partial charge < -0.3 is 14.4 Å². The number of benzene rings is 1. The predicted octanol–water partition coefficient (Wildman–Crippen LogP) is 3.23. The highest BCUT2D eigenvalue weighted by atomic mass is 19.3. The Bertz CT molecular complexity index is 646. The molecule has 1 amide bonds. The number of carbonyl (C=O) groups excluding carboxylic acids is 2. The molecule has 0 bridgehead atoms. The van der Waals surface area contributed by atoms with Gasteiger partial charge in [-0.05, 0) is 25.3 Å². The first kappa shape index (κ1) is 17.6. The molecule has 2 fully saturated rings. The summed E-state index contributed by atoms with van der Waals surface area (Å²) >= 11 is 0. The van der Waals surface area contributed by atoms with Crippen molar-refractivity contribution >= 4 is 12.1 Å². The smallest absolute Gasteiger partial charge is 0.410 e. The van der Waals surface area contributed by atoms with Gasteiger partial charge in [0.1, 0.15) is 6.61 Å². The van der Waals surface area contributed by atoms with E-state index in [2.05, 4.69) is 0 Å². The molecule has 0 radical (unpaired) electrons. The van der Waals surface area contributed by atoms with Crippen LogP contribution in [0.3, 0.4) is 0 Å². The first-order chi connectivity index (χ1) is 11.9. The third kappa shape index (κ3) is 3.45. The minimum absolute atomic E-state index is 0.0232. The molecule has 1 saturated carbocycles. The van der Waals surface area contributed by atoms with Crippen LogP contribution in [0.2, 0.25) is 0 Å². The van der Waals surface area contributed by atoms with E-state index in [0.29, 0.717) is 12.8 Å². The van der Waals surface area contributed by atoms with Gasteiger partial charge in [0.15, 0.2) is 0 Å². The molecular formula is C18H21F2NO4. The first-order valence-electron chi connectivity index (χ1n) is 8.40. The molecule has 0 unspecified atom stereocenters. The molecule has 1 aliphatic heterocycles. The lowest BCUT2D eigenvalue weighted by Crippen LogP contribution is -2.39. The largest absolute Gasteiger partial charge is 0.466 e.